The van der Waals surface area contributed by atoms with E-state index in [1.807, 2.05) is 45.0 Å². The topological polar surface area (TPSA) is 41.5 Å². The van der Waals surface area contributed by atoms with Gasteiger partial charge in [0.25, 0.3) is 5.91 Å². The van der Waals surface area contributed by atoms with Crippen molar-refractivity contribution in [2.75, 3.05) is 0 Å². The van der Waals surface area contributed by atoms with Gasteiger partial charge in [-0.1, -0.05) is 23.8 Å². The van der Waals surface area contributed by atoms with Crippen LogP contribution in [-0.2, 0) is 4.79 Å². The van der Waals surface area contributed by atoms with E-state index in [0.717, 1.165) is 11.1 Å². The van der Waals surface area contributed by atoms with Gasteiger partial charge < -0.3 is 5.32 Å². The number of carbonyl (C=O) groups is 1. The maximum absolute atomic E-state index is 11.5. The van der Waals surface area contributed by atoms with Crippen LogP contribution in [0.3, 0.4) is 0 Å². The second kappa shape index (κ2) is 3.19. The lowest BCUT2D eigenvalue weighted by Gasteiger charge is -2.07. The molecular weight excluding hydrogens is 188 g/mol. The minimum atomic E-state index is -0.640. The lowest BCUT2D eigenvalue weighted by molar-refractivity contribution is -0.122. The summed E-state index contributed by atoms with van der Waals surface area (Å²) in [4.78, 5) is 15.9. The fourth-order valence-electron chi connectivity index (χ4n) is 1.55. The van der Waals surface area contributed by atoms with Crippen LogP contribution < -0.4 is 5.32 Å². The zero-order chi connectivity index (χ0) is 11.1. The maximum atomic E-state index is 11.5. The monoisotopic (exact) mass is 202 g/mol. The van der Waals surface area contributed by atoms with Crippen molar-refractivity contribution in [3.8, 4) is 0 Å². The highest BCUT2D eigenvalue weighted by molar-refractivity contribution is 6.15. The summed E-state index contributed by atoms with van der Waals surface area (Å²) in [6, 6.07) is 7.95. The van der Waals surface area contributed by atoms with Gasteiger partial charge in [0.1, 0.15) is 11.4 Å². The molecule has 1 aromatic carbocycles. The molecule has 78 valence electrons. The number of amides is 1. The first-order valence-corrected chi connectivity index (χ1v) is 4.97. The van der Waals surface area contributed by atoms with Gasteiger partial charge in [-0.05, 0) is 26.8 Å². The minimum absolute atomic E-state index is 0.0426. The predicted molar refractivity (Wildman–Crippen MR) is 59.9 cm³/mol. The van der Waals surface area contributed by atoms with Crippen LogP contribution in [0.25, 0.3) is 0 Å². The van der Waals surface area contributed by atoms with E-state index in [4.69, 9.17) is 0 Å². The summed E-state index contributed by atoms with van der Waals surface area (Å²) in [6.07, 6.45) is 0. The molecule has 1 aliphatic rings. The smallest absolute Gasteiger partial charge is 0.252 e. The Kier molecular flexibility index (Phi) is 2.11. The number of carbonyl (C=O) groups excluding carboxylic acids is 1. The molecule has 0 aromatic heterocycles. The Morgan fingerprint density at radius 1 is 1.33 bits per heavy atom. The van der Waals surface area contributed by atoms with Crippen molar-refractivity contribution in [1.29, 1.82) is 0 Å². The first-order chi connectivity index (χ1) is 6.99. The van der Waals surface area contributed by atoms with Gasteiger partial charge in [0.2, 0.25) is 0 Å². The van der Waals surface area contributed by atoms with E-state index >= 15 is 0 Å². The number of rotatable bonds is 1. The van der Waals surface area contributed by atoms with Gasteiger partial charge in [-0.25, -0.2) is 0 Å². The third-order valence-electron chi connectivity index (χ3n) is 2.47. The summed E-state index contributed by atoms with van der Waals surface area (Å²) in [5.74, 6) is 0.632. The normalized spacial score (nSPS) is 18.6. The Morgan fingerprint density at radius 3 is 2.60 bits per heavy atom. The molecule has 0 saturated carbocycles. The van der Waals surface area contributed by atoms with Crippen molar-refractivity contribution in [2.24, 2.45) is 4.99 Å². The molecule has 0 fully saturated rings. The highest BCUT2D eigenvalue weighted by Crippen LogP contribution is 2.17. The van der Waals surface area contributed by atoms with E-state index in [9.17, 15) is 4.79 Å². The van der Waals surface area contributed by atoms with E-state index in [2.05, 4.69) is 10.3 Å². The molecule has 2 rings (SSSR count). The van der Waals surface area contributed by atoms with Gasteiger partial charge in [0, 0.05) is 5.56 Å². The zero-order valence-corrected chi connectivity index (χ0v) is 9.16. The number of amidine groups is 1. The molecule has 1 amide bonds. The largest absolute Gasteiger partial charge is 0.308 e. The second-order valence-corrected chi connectivity index (χ2v) is 4.34. The molecule has 0 aliphatic carbocycles. The van der Waals surface area contributed by atoms with Gasteiger partial charge >= 0.3 is 0 Å². The van der Waals surface area contributed by atoms with Crippen molar-refractivity contribution in [3.63, 3.8) is 0 Å². The van der Waals surface area contributed by atoms with Crippen LogP contribution in [0.5, 0.6) is 0 Å². The fraction of sp³-hybridized carbons (Fsp3) is 0.333. The molecule has 3 nitrogen and oxygen atoms in total. The van der Waals surface area contributed by atoms with Crippen LogP contribution >= 0.6 is 0 Å². The van der Waals surface area contributed by atoms with Crippen LogP contribution in [0.15, 0.2) is 29.3 Å². The molecule has 0 saturated heterocycles. The van der Waals surface area contributed by atoms with E-state index in [1.54, 1.807) is 0 Å². The fourth-order valence-corrected chi connectivity index (χ4v) is 1.55. The third-order valence-corrected chi connectivity index (χ3v) is 2.47. The molecule has 3 heteroatoms. The van der Waals surface area contributed by atoms with Gasteiger partial charge in [-0.2, -0.15) is 0 Å². The first kappa shape index (κ1) is 9.90. The van der Waals surface area contributed by atoms with Crippen molar-refractivity contribution < 1.29 is 4.79 Å². The lowest BCUT2D eigenvalue weighted by Crippen LogP contribution is -2.34. The van der Waals surface area contributed by atoms with E-state index < -0.39 is 5.54 Å². The number of aliphatic imine (C=N–C) groups is 1. The summed E-state index contributed by atoms with van der Waals surface area (Å²) in [6.45, 7) is 5.64. The van der Waals surface area contributed by atoms with Crippen molar-refractivity contribution in [1.82, 2.24) is 5.32 Å². The molecule has 1 N–H and O–H groups in total. The Morgan fingerprint density at radius 2 is 2.07 bits per heavy atom. The highest BCUT2D eigenvalue weighted by atomic mass is 16.2. The first-order valence-electron chi connectivity index (χ1n) is 4.97. The quantitative estimate of drug-likeness (QED) is 0.739. The number of hydrogen-bond acceptors (Lipinski definition) is 2. The van der Waals surface area contributed by atoms with Crippen LogP contribution in [0, 0.1) is 6.92 Å². The summed E-state index contributed by atoms with van der Waals surface area (Å²) in [5.41, 5.74) is 1.49. The average molecular weight is 202 g/mol. The molecule has 0 radical (unpaired) electrons. The molecule has 0 atom stereocenters. The number of nitrogens with zero attached hydrogens (tertiary/aromatic N) is 1. The van der Waals surface area contributed by atoms with Crippen LogP contribution in [-0.4, -0.2) is 17.3 Å². The summed E-state index contributed by atoms with van der Waals surface area (Å²) in [7, 11) is 0. The minimum Gasteiger partial charge on any atom is -0.308 e. The van der Waals surface area contributed by atoms with Crippen molar-refractivity contribution in [2.45, 2.75) is 26.3 Å². The second-order valence-electron chi connectivity index (χ2n) is 4.34. The lowest BCUT2D eigenvalue weighted by atomic mass is 10.1. The number of aryl methyl sites for hydroxylation is 1. The Bertz CT molecular complexity index is 447. The van der Waals surface area contributed by atoms with Crippen molar-refractivity contribution in [3.05, 3.63) is 35.4 Å². The molecule has 0 unspecified atom stereocenters. The zero-order valence-electron chi connectivity index (χ0n) is 9.16. The summed E-state index contributed by atoms with van der Waals surface area (Å²) in [5, 5.41) is 2.80. The molecular formula is C12H14N2O. The Balaban J connectivity index is 2.39. The number of hydrogen-bond donors (Lipinski definition) is 1. The third kappa shape index (κ3) is 1.77. The van der Waals surface area contributed by atoms with Crippen LogP contribution in [0.4, 0.5) is 0 Å². The number of benzene rings is 1. The standard InChI is InChI=1S/C12H14N2O/c1-8-5-4-6-9(7-8)10-13-11(15)12(2,3)14-10/h4-7H,1-3H3,(H,13,14,15). The van der Waals surface area contributed by atoms with Gasteiger partial charge in [0.05, 0.1) is 0 Å². The molecule has 15 heavy (non-hydrogen) atoms. The van der Waals surface area contributed by atoms with Crippen molar-refractivity contribution >= 4 is 11.7 Å². The van der Waals surface area contributed by atoms with E-state index in [0.29, 0.717) is 5.84 Å². The average Bonchev–Trinajstić information content (AvgIpc) is 2.42. The van der Waals surface area contributed by atoms with Crippen LogP contribution in [0.2, 0.25) is 0 Å². The molecule has 1 aliphatic heterocycles. The highest BCUT2D eigenvalue weighted by Gasteiger charge is 2.34. The summed E-state index contributed by atoms with van der Waals surface area (Å²) >= 11 is 0. The summed E-state index contributed by atoms with van der Waals surface area (Å²) < 4.78 is 0. The SMILES string of the molecule is Cc1cccc(C2=NC(C)(C)C(=O)N2)c1. The van der Waals surface area contributed by atoms with Gasteiger partial charge in [0.15, 0.2) is 0 Å². The molecule has 1 aromatic rings. The molecule has 0 spiro atoms. The predicted octanol–water partition coefficient (Wildman–Crippen LogP) is 1.65. The molecule has 1 heterocycles. The molecule has 0 bridgehead atoms. The van der Waals surface area contributed by atoms with Gasteiger partial charge in [-0.3, -0.25) is 9.79 Å². The number of nitrogens with one attached hydrogen (secondary N) is 1. The van der Waals surface area contributed by atoms with E-state index in [-0.39, 0.29) is 5.91 Å². The van der Waals surface area contributed by atoms with E-state index in [1.165, 1.54) is 0 Å². The Labute approximate surface area is 89.2 Å². The maximum Gasteiger partial charge on any atom is 0.252 e. The van der Waals surface area contributed by atoms with Gasteiger partial charge in [-0.15, -0.1) is 0 Å². The Hall–Kier alpha value is -1.64. The van der Waals surface area contributed by atoms with Crippen LogP contribution in [0.1, 0.15) is 25.0 Å².